The Hall–Kier alpha value is 0.0700. The highest BCUT2D eigenvalue weighted by Gasteiger charge is 2.00. The van der Waals surface area contributed by atoms with Crippen LogP contribution in [0.2, 0.25) is 0 Å². The fraction of sp³-hybridized carbons (Fsp3) is 1.00. The van der Waals surface area contributed by atoms with Gasteiger partial charge in [-0.2, -0.15) is 0 Å². The summed E-state index contributed by atoms with van der Waals surface area (Å²) in [4.78, 5) is 21.6. The lowest BCUT2D eigenvalue weighted by Crippen LogP contribution is -2.16. The largest absolute Gasteiger partial charge is 0.466 e. The molecule has 0 rings (SSSR count). The maximum atomic E-state index is 8.88. The molecule has 0 radical (unpaired) electrons. The second-order valence-corrected chi connectivity index (χ2v) is 9.65. The summed E-state index contributed by atoms with van der Waals surface area (Å²) in [5, 5.41) is 3.64. The van der Waals surface area contributed by atoms with E-state index < -0.39 is 7.82 Å². The highest BCUT2D eigenvalue weighted by molar-refractivity contribution is 7.45. The van der Waals surface area contributed by atoms with Crippen molar-refractivity contribution in [3.8, 4) is 0 Å². The first-order valence-corrected chi connectivity index (χ1v) is 14.5. The summed E-state index contributed by atoms with van der Waals surface area (Å²) in [6, 6.07) is 0. The third-order valence-corrected chi connectivity index (χ3v) is 5.41. The highest BCUT2D eigenvalue weighted by Crippen LogP contribution is 2.25. The van der Waals surface area contributed by atoms with Crippen molar-refractivity contribution in [3.05, 3.63) is 0 Å². The number of phosphoric acid groups is 1. The predicted molar refractivity (Wildman–Crippen MR) is 131 cm³/mol. The maximum Gasteiger partial charge on any atom is 0.466 e. The third-order valence-electron chi connectivity index (χ3n) is 5.41. The fourth-order valence-electron chi connectivity index (χ4n) is 3.60. The summed E-state index contributed by atoms with van der Waals surface area (Å²) < 4.78 is 8.88. The Morgan fingerprint density at radius 1 is 0.467 bits per heavy atom. The normalized spacial score (nSPS) is 11.4. The SMILES string of the molecule is CCCCCCCCCCCCNCCCCCCCCCCCC.O=P(O)(O)O. The zero-order chi connectivity index (χ0) is 22.8. The van der Waals surface area contributed by atoms with Crippen molar-refractivity contribution in [2.45, 2.75) is 142 Å². The van der Waals surface area contributed by atoms with Crippen molar-refractivity contribution in [2.24, 2.45) is 0 Å². The van der Waals surface area contributed by atoms with Gasteiger partial charge < -0.3 is 20.0 Å². The monoisotopic (exact) mass is 451 g/mol. The number of hydrogen-bond donors (Lipinski definition) is 4. The van der Waals surface area contributed by atoms with Gasteiger partial charge in [0.1, 0.15) is 0 Å². The molecule has 0 aliphatic carbocycles. The summed E-state index contributed by atoms with van der Waals surface area (Å²) in [5.41, 5.74) is 0. The summed E-state index contributed by atoms with van der Waals surface area (Å²) >= 11 is 0. The summed E-state index contributed by atoms with van der Waals surface area (Å²) in [5.74, 6) is 0. The van der Waals surface area contributed by atoms with Gasteiger partial charge in [0.15, 0.2) is 0 Å². The average Bonchev–Trinajstić information content (AvgIpc) is 2.68. The molecule has 0 spiro atoms. The van der Waals surface area contributed by atoms with Gasteiger partial charge in [0, 0.05) is 0 Å². The van der Waals surface area contributed by atoms with E-state index in [1.807, 2.05) is 0 Å². The van der Waals surface area contributed by atoms with Gasteiger partial charge in [0.2, 0.25) is 0 Å². The van der Waals surface area contributed by atoms with Crippen molar-refractivity contribution < 1.29 is 19.2 Å². The molecule has 0 fully saturated rings. The lowest BCUT2D eigenvalue weighted by atomic mass is 10.1. The molecule has 0 saturated heterocycles. The van der Waals surface area contributed by atoms with Crippen molar-refractivity contribution in [2.75, 3.05) is 13.1 Å². The molecule has 184 valence electrons. The highest BCUT2D eigenvalue weighted by atomic mass is 31.2. The minimum absolute atomic E-state index is 1.24. The van der Waals surface area contributed by atoms with E-state index in [1.54, 1.807) is 0 Å². The van der Waals surface area contributed by atoms with E-state index in [-0.39, 0.29) is 0 Å². The van der Waals surface area contributed by atoms with Crippen LogP contribution in [0.1, 0.15) is 142 Å². The molecule has 0 amide bonds. The first-order chi connectivity index (χ1) is 14.4. The molecule has 0 bridgehead atoms. The molecule has 0 aromatic heterocycles. The summed E-state index contributed by atoms with van der Waals surface area (Å²) in [7, 11) is -4.64. The Labute approximate surface area is 188 Å². The third kappa shape index (κ3) is 42.2. The number of rotatable bonds is 22. The molecule has 0 heterocycles. The summed E-state index contributed by atoms with van der Waals surface area (Å²) in [6.07, 6.45) is 28.8. The van der Waals surface area contributed by atoms with E-state index >= 15 is 0 Å². The average molecular weight is 452 g/mol. The molecule has 0 aliphatic rings. The lowest BCUT2D eigenvalue weighted by Gasteiger charge is -2.05. The molecule has 0 aromatic carbocycles. The van der Waals surface area contributed by atoms with Gasteiger partial charge in [-0.25, -0.2) is 4.57 Å². The Balaban J connectivity index is 0. The second-order valence-electron chi connectivity index (χ2n) is 8.63. The van der Waals surface area contributed by atoms with Crippen LogP contribution in [-0.4, -0.2) is 27.8 Å². The standard InChI is InChI=1S/C24H51N.H3O4P/c1-3-5-7-9-11-13-15-17-19-21-23-25-24-22-20-18-16-14-12-10-8-6-4-2;1-5(2,3)4/h25H,3-24H2,1-2H3;(H3,1,2,3,4). The number of nitrogens with one attached hydrogen (secondary N) is 1. The minimum Gasteiger partial charge on any atom is -0.317 e. The van der Waals surface area contributed by atoms with Crippen molar-refractivity contribution in [1.29, 1.82) is 0 Å². The van der Waals surface area contributed by atoms with Gasteiger partial charge in [0.05, 0.1) is 0 Å². The van der Waals surface area contributed by atoms with Crippen LogP contribution in [0.5, 0.6) is 0 Å². The smallest absolute Gasteiger partial charge is 0.317 e. The van der Waals surface area contributed by atoms with Crippen LogP contribution < -0.4 is 5.32 Å². The van der Waals surface area contributed by atoms with Gasteiger partial charge in [-0.3, -0.25) is 0 Å². The molecular weight excluding hydrogens is 397 g/mol. The number of hydrogen-bond acceptors (Lipinski definition) is 2. The van der Waals surface area contributed by atoms with Crippen molar-refractivity contribution in [1.82, 2.24) is 5.32 Å². The van der Waals surface area contributed by atoms with Gasteiger partial charge >= 0.3 is 7.82 Å². The van der Waals surface area contributed by atoms with Crippen LogP contribution in [0.15, 0.2) is 0 Å². The number of unbranched alkanes of at least 4 members (excludes halogenated alkanes) is 18. The molecular formula is C24H54NO4P. The Kier molecular flexibility index (Phi) is 29.1. The van der Waals surface area contributed by atoms with Crippen LogP contribution >= 0.6 is 7.82 Å². The van der Waals surface area contributed by atoms with Crippen molar-refractivity contribution in [3.63, 3.8) is 0 Å². The maximum absolute atomic E-state index is 8.88. The molecule has 0 aromatic rings. The lowest BCUT2D eigenvalue weighted by molar-refractivity contribution is 0.275. The van der Waals surface area contributed by atoms with Crippen LogP contribution in [0, 0.1) is 0 Å². The van der Waals surface area contributed by atoms with E-state index in [2.05, 4.69) is 19.2 Å². The van der Waals surface area contributed by atoms with E-state index in [0.29, 0.717) is 0 Å². The van der Waals surface area contributed by atoms with Crippen LogP contribution in [0.4, 0.5) is 0 Å². The molecule has 0 aliphatic heterocycles. The van der Waals surface area contributed by atoms with Gasteiger partial charge in [0.25, 0.3) is 0 Å². The molecule has 6 heteroatoms. The predicted octanol–water partition coefficient (Wildman–Crippen LogP) is 7.49. The zero-order valence-electron chi connectivity index (χ0n) is 20.3. The molecule has 0 unspecified atom stereocenters. The van der Waals surface area contributed by atoms with E-state index in [4.69, 9.17) is 19.2 Å². The van der Waals surface area contributed by atoms with E-state index in [1.165, 1.54) is 142 Å². The van der Waals surface area contributed by atoms with Gasteiger partial charge in [-0.15, -0.1) is 0 Å². The quantitative estimate of drug-likeness (QED) is 0.101. The molecule has 30 heavy (non-hydrogen) atoms. The van der Waals surface area contributed by atoms with E-state index in [9.17, 15) is 0 Å². The van der Waals surface area contributed by atoms with Gasteiger partial charge in [-0.05, 0) is 25.9 Å². The van der Waals surface area contributed by atoms with Gasteiger partial charge in [-0.1, -0.05) is 129 Å². The fourth-order valence-corrected chi connectivity index (χ4v) is 3.60. The van der Waals surface area contributed by atoms with E-state index in [0.717, 1.165) is 0 Å². The Morgan fingerprint density at radius 3 is 0.900 bits per heavy atom. The second kappa shape index (κ2) is 27.1. The first-order valence-electron chi connectivity index (χ1n) is 12.9. The molecule has 4 N–H and O–H groups in total. The first kappa shape index (κ1) is 32.3. The minimum atomic E-state index is -4.64. The van der Waals surface area contributed by atoms with Crippen LogP contribution in [0.3, 0.4) is 0 Å². The zero-order valence-corrected chi connectivity index (χ0v) is 21.1. The van der Waals surface area contributed by atoms with Crippen molar-refractivity contribution >= 4 is 7.82 Å². The van der Waals surface area contributed by atoms with Crippen LogP contribution in [-0.2, 0) is 4.57 Å². The topological polar surface area (TPSA) is 89.8 Å². The molecule has 5 nitrogen and oxygen atoms in total. The molecule has 0 atom stereocenters. The Bertz CT molecular complexity index is 320. The molecule has 0 saturated carbocycles. The van der Waals surface area contributed by atoms with Crippen LogP contribution in [0.25, 0.3) is 0 Å². The Morgan fingerprint density at radius 2 is 0.667 bits per heavy atom. The summed E-state index contributed by atoms with van der Waals surface area (Å²) in [6.45, 7) is 7.08.